The number of hydrogen-bond acceptors (Lipinski definition) is 26. The van der Waals surface area contributed by atoms with Crippen LogP contribution >= 0.6 is 0 Å². The van der Waals surface area contributed by atoms with E-state index in [1.165, 1.54) is 12.5 Å². The Morgan fingerprint density at radius 3 is 1.76 bits per heavy atom. The third kappa shape index (κ3) is 11.2. The van der Waals surface area contributed by atoms with Gasteiger partial charge in [0.1, 0.15) is 110 Å². The van der Waals surface area contributed by atoms with Gasteiger partial charge in [0, 0.05) is 0 Å². The van der Waals surface area contributed by atoms with Crippen molar-refractivity contribution in [2.24, 2.45) is 50.2 Å². The minimum Gasteiger partial charge on any atom is -0.432 e. The van der Waals surface area contributed by atoms with E-state index in [-0.39, 0.29) is 46.0 Å². The summed E-state index contributed by atoms with van der Waals surface area (Å²) in [6.45, 7) is 15.1. The van der Waals surface area contributed by atoms with Crippen molar-refractivity contribution in [2.75, 3.05) is 26.4 Å². The van der Waals surface area contributed by atoms with E-state index in [9.17, 15) is 76.6 Å². The van der Waals surface area contributed by atoms with E-state index in [0.29, 0.717) is 38.5 Å². The van der Waals surface area contributed by atoms with Crippen molar-refractivity contribution in [3.05, 3.63) is 11.6 Å². The Bertz CT molecular complexity index is 2360. The molecule has 5 heterocycles. The summed E-state index contributed by atoms with van der Waals surface area (Å²) < 4.78 is 59.7. The predicted octanol–water partition coefficient (Wildman–Crippen LogP) is -2.54. The summed E-state index contributed by atoms with van der Waals surface area (Å²) in [5.41, 5.74) is -1.26. The maximum Gasteiger partial charge on any atom is 0.315 e. The molecule has 0 aromatic heterocycles. The van der Waals surface area contributed by atoms with Crippen LogP contribution in [0.2, 0.25) is 0 Å². The first kappa shape index (κ1) is 66.2. The van der Waals surface area contributed by atoms with Gasteiger partial charge in [0.2, 0.25) is 6.29 Å². The molecular formula is C59H96O26. The molecule has 10 aliphatic rings. The van der Waals surface area contributed by atoms with Crippen LogP contribution in [0.3, 0.4) is 0 Å². The van der Waals surface area contributed by atoms with Crippen LogP contribution in [-0.4, -0.2) is 263 Å². The molecule has 85 heavy (non-hydrogen) atoms. The van der Waals surface area contributed by atoms with Crippen LogP contribution in [-0.2, 0) is 52.2 Å². The summed E-state index contributed by atoms with van der Waals surface area (Å²) in [5, 5.41) is 161. The van der Waals surface area contributed by atoms with Crippen molar-refractivity contribution < 1.29 is 129 Å². The normalized spacial score (nSPS) is 54.1. The molecule has 0 aromatic carbocycles. The maximum absolute atomic E-state index is 15.1. The number of aliphatic hydroxyl groups is 15. The highest BCUT2D eigenvalue weighted by Gasteiger charge is 2.70. The lowest BCUT2D eigenvalue weighted by molar-refractivity contribution is -0.382. The standard InChI is InChI=1S/C59H96O26/c1-24-34(63)46(83-49-43(72)40(69)37(66)29(21-61)80-49)45(74)51(78-24)84-47-35(64)27(62)22-76-52(47)82-33-12-13-56(6)31(55(33,4)5)11-14-58(8)32(56)10-9-25-26-19-54(2,3)15-17-59(26,18-16-57(25,58)7)53(75)85-50-44(73)41(70)38(67)30(81-50)23-77-48-42(71)39(68)36(65)28(20-60)79-48/h9,24,26-52,60-74H,10-23H2,1-8H3/t24-,26+,27-,28+,29+,30+,31-,32+,33-,34-,35-,36+,37+,38+,39-,40-,41-,42+,43+,44+,45+,46+,47+,48+,49-,50-,51-,52-,56-,57+,58+,59-/m0/s1. The molecule has 0 aromatic rings. The summed E-state index contributed by atoms with van der Waals surface area (Å²) in [6.07, 6.45) is -29.6. The van der Waals surface area contributed by atoms with Gasteiger partial charge in [0.05, 0.1) is 44.1 Å². The molecule has 488 valence electrons. The van der Waals surface area contributed by atoms with Gasteiger partial charge in [-0.3, -0.25) is 4.79 Å². The number of aliphatic hydroxyl groups excluding tert-OH is 15. The van der Waals surface area contributed by atoms with Gasteiger partial charge in [0.15, 0.2) is 25.2 Å². The Hall–Kier alpha value is -1.75. The van der Waals surface area contributed by atoms with Crippen LogP contribution in [0.25, 0.3) is 0 Å². The van der Waals surface area contributed by atoms with Crippen LogP contribution in [0.5, 0.6) is 0 Å². The van der Waals surface area contributed by atoms with E-state index >= 15 is 4.79 Å². The number of fused-ring (bicyclic) bond motifs is 7. The van der Waals surface area contributed by atoms with Crippen molar-refractivity contribution in [1.29, 1.82) is 0 Å². The largest absolute Gasteiger partial charge is 0.432 e. The van der Waals surface area contributed by atoms with Gasteiger partial charge in [-0.25, -0.2) is 0 Å². The molecule has 10 rings (SSSR count). The summed E-state index contributed by atoms with van der Waals surface area (Å²) in [4.78, 5) is 15.1. The van der Waals surface area contributed by atoms with E-state index in [1.807, 2.05) is 0 Å². The van der Waals surface area contributed by atoms with Crippen LogP contribution in [0, 0.1) is 50.2 Å². The molecule has 15 N–H and O–H groups in total. The van der Waals surface area contributed by atoms with Crippen molar-refractivity contribution in [3.63, 3.8) is 0 Å². The van der Waals surface area contributed by atoms with Gasteiger partial charge in [-0.05, 0) is 116 Å². The number of ether oxygens (including phenoxy) is 10. The Morgan fingerprint density at radius 1 is 0.553 bits per heavy atom. The molecule has 5 saturated heterocycles. The fourth-order valence-corrected chi connectivity index (χ4v) is 17.5. The van der Waals surface area contributed by atoms with E-state index in [1.54, 1.807) is 0 Å². The Morgan fingerprint density at radius 2 is 1.12 bits per heavy atom. The van der Waals surface area contributed by atoms with Gasteiger partial charge in [0.25, 0.3) is 0 Å². The second-order valence-corrected chi connectivity index (χ2v) is 28.7. The average molecular weight is 1220 g/mol. The third-order valence-corrected chi connectivity index (χ3v) is 23.1. The molecule has 0 radical (unpaired) electrons. The van der Waals surface area contributed by atoms with Gasteiger partial charge in [-0.1, -0.05) is 60.1 Å². The second-order valence-electron chi connectivity index (χ2n) is 28.7. The minimum atomic E-state index is -1.85. The molecule has 0 amide bonds. The fraction of sp³-hybridized carbons (Fsp3) is 0.949. The number of hydrogen-bond donors (Lipinski definition) is 15. The lowest BCUT2D eigenvalue weighted by Gasteiger charge is -2.71. The first-order chi connectivity index (χ1) is 39.8. The van der Waals surface area contributed by atoms with E-state index < -0.39 is 190 Å². The van der Waals surface area contributed by atoms with Crippen molar-refractivity contribution >= 4 is 5.97 Å². The first-order valence-corrected chi connectivity index (χ1v) is 30.6. The van der Waals surface area contributed by atoms with Gasteiger partial charge < -0.3 is 124 Å². The van der Waals surface area contributed by atoms with Crippen molar-refractivity contribution in [3.8, 4) is 0 Å². The molecule has 0 bridgehead atoms. The van der Waals surface area contributed by atoms with Crippen LogP contribution < -0.4 is 0 Å². The maximum atomic E-state index is 15.1. The zero-order chi connectivity index (χ0) is 62.0. The monoisotopic (exact) mass is 1220 g/mol. The third-order valence-electron chi connectivity index (χ3n) is 23.1. The molecule has 9 fully saturated rings. The van der Waals surface area contributed by atoms with Crippen LogP contribution in [0.15, 0.2) is 11.6 Å². The number of carbonyl (C=O) groups is 1. The summed E-state index contributed by atoms with van der Waals surface area (Å²) >= 11 is 0. The molecule has 26 heteroatoms. The number of carbonyl (C=O) groups excluding carboxylic acids is 1. The highest BCUT2D eigenvalue weighted by molar-refractivity contribution is 5.79. The van der Waals surface area contributed by atoms with Crippen LogP contribution in [0.1, 0.15) is 120 Å². The lowest BCUT2D eigenvalue weighted by Crippen LogP contribution is -2.66. The highest BCUT2D eigenvalue weighted by atomic mass is 16.8. The predicted molar refractivity (Wildman–Crippen MR) is 288 cm³/mol. The van der Waals surface area contributed by atoms with E-state index in [0.717, 1.165) is 25.7 Å². The van der Waals surface area contributed by atoms with Crippen molar-refractivity contribution in [2.45, 2.75) is 273 Å². The van der Waals surface area contributed by atoms with E-state index in [2.05, 4.69) is 54.5 Å². The average Bonchev–Trinajstić information content (AvgIpc) is 0.688. The molecule has 5 aliphatic heterocycles. The summed E-state index contributed by atoms with van der Waals surface area (Å²) in [5.74, 6) is -0.517. The SMILES string of the molecule is C[C@@H]1O[C@@H](O[C@H]2[C@H](O[C@H]3CC[C@]4(C)[C@H]5CC=C6[C@H]7CC(C)(C)CC[C@]7(C(=O)O[C@@H]7O[C@H](CO[C@@H]8O[C@H](CO)[C@@H](O)[C@H](O)[C@H]8O)[C@@H](O)[C@H](O)[C@H]7O)CC[C@@]6(C)[C@]5(C)CC[C@H]4C3(C)C)OC[C@H](O)[C@@H]2O)[C@H](O)[C@H](O[C@@H]2O[C@H](CO)[C@@H](O)[C@H](O)[C@H]2O)[C@H]1O. The van der Waals surface area contributed by atoms with Gasteiger partial charge in [-0.2, -0.15) is 0 Å². The molecular weight excluding hydrogens is 1120 g/mol. The lowest BCUT2D eigenvalue weighted by atomic mass is 9.33. The number of allylic oxidation sites excluding steroid dienone is 2. The van der Waals surface area contributed by atoms with Gasteiger partial charge in [-0.15, -0.1) is 0 Å². The quantitative estimate of drug-likeness (QED) is 0.0513. The zero-order valence-electron chi connectivity index (χ0n) is 49.8. The molecule has 0 spiro atoms. The number of esters is 1. The van der Waals surface area contributed by atoms with Crippen LogP contribution in [0.4, 0.5) is 0 Å². The summed E-state index contributed by atoms with van der Waals surface area (Å²) in [7, 11) is 0. The Labute approximate surface area is 494 Å². The minimum absolute atomic E-state index is 0.119. The summed E-state index contributed by atoms with van der Waals surface area (Å²) in [6, 6.07) is 0. The van der Waals surface area contributed by atoms with Crippen molar-refractivity contribution in [1.82, 2.24) is 0 Å². The Balaban J connectivity index is 0.839. The first-order valence-electron chi connectivity index (χ1n) is 30.6. The molecule has 4 saturated carbocycles. The Kier molecular flexibility index (Phi) is 19.0. The fourth-order valence-electron chi connectivity index (χ4n) is 17.5. The smallest absolute Gasteiger partial charge is 0.315 e. The zero-order valence-corrected chi connectivity index (χ0v) is 49.8. The second kappa shape index (κ2) is 24.4. The number of rotatable bonds is 13. The highest BCUT2D eigenvalue weighted by Crippen LogP contribution is 2.76. The molecule has 5 aliphatic carbocycles. The molecule has 26 nitrogen and oxygen atoms in total. The van der Waals surface area contributed by atoms with E-state index in [4.69, 9.17) is 47.4 Å². The van der Waals surface area contributed by atoms with Gasteiger partial charge >= 0.3 is 5.97 Å². The molecule has 0 unspecified atom stereocenters. The topological polar surface area (TPSA) is 413 Å². The molecule has 32 atom stereocenters.